The minimum absolute atomic E-state index is 0.0854. The SMILES string of the molecule is CC1CCN(Cc2ccc(O)c3c2CC2C[C@H]4C(N(C)C)C(=O)C(C(N)=O)=C(O)[C@@]4(O)C(=O)C2=C3O)CC1. The number of aliphatic hydroxyl groups excluding tert-OH is 2. The molecular weight excluding hydrogens is 490 g/mol. The number of aromatic hydroxyl groups is 1. The number of nitrogens with two attached hydrogens (primary N) is 1. The Bertz CT molecular complexity index is 1290. The lowest BCUT2D eigenvalue weighted by molar-refractivity contribution is -0.153. The van der Waals surface area contributed by atoms with Gasteiger partial charge < -0.3 is 26.2 Å². The quantitative estimate of drug-likeness (QED) is 0.363. The molecule has 1 heterocycles. The van der Waals surface area contributed by atoms with Crippen LogP contribution in [0.15, 0.2) is 29.0 Å². The number of likely N-dealkylation sites (N-methyl/N-ethyl adjacent to an activating group) is 1. The van der Waals surface area contributed by atoms with Crippen molar-refractivity contribution in [3.8, 4) is 5.75 Å². The monoisotopic (exact) mass is 525 g/mol. The molecule has 4 atom stereocenters. The van der Waals surface area contributed by atoms with Gasteiger partial charge in [0.1, 0.15) is 22.8 Å². The summed E-state index contributed by atoms with van der Waals surface area (Å²) in [4.78, 5) is 43.0. The number of piperidine rings is 1. The molecule has 2 unspecified atom stereocenters. The fraction of sp³-hybridized carbons (Fsp3) is 0.536. The maximum absolute atomic E-state index is 13.9. The first kappa shape index (κ1) is 26.4. The van der Waals surface area contributed by atoms with Crippen LogP contribution in [0.5, 0.6) is 5.75 Å². The van der Waals surface area contributed by atoms with Gasteiger partial charge in [0.15, 0.2) is 11.4 Å². The molecule has 0 aromatic heterocycles. The number of carbonyl (C=O) groups excluding carboxylic acids is 3. The lowest BCUT2D eigenvalue weighted by Crippen LogP contribution is -2.65. The minimum Gasteiger partial charge on any atom is -0.508 e. The Morgan fingerprint density at radius 1 is 1.16 bits per heavy atom. The van der Waals surface area contributed by atoms with Crippen molar-refractivity contribution >= 4 is 23.2 Å². The smallest absolute Gasteiger partial charge is 0.255 e. The maximum Gasteiger partial charge on any atom is 0.255 e. The van der Waals surface area contributed by atoms with E-state index in [1.54, 1.807) is 14.1 Å². The van der Waals surface area contributed by atoms with Gasteiger partial charge >= 0.3 is 0 Å². The number of benzene rings is 1. The summed E-state index contributed by atoms with van der Waals surface area (Å²) in [6.45, 7) is 4.76. The third-order valence-corrected chi connectivity index (χ3v) is 8.97. The summed E-state index contributed by atoms with van der Waals surface area (Å²) in [5.74, 6) is -5.69. The number of hydrogen-bond donors (Lipinski definition) is 5. The zero-order valence-corrected chi connectivity index (χ0v) is 21.9. The van der Waals surface area contributed by atoms with Crippen LogP contribution in [0.2, 0.25) is 0 Å². The molecule has 204 valence electrons. The van der Waals surface area contributed by atoms with E-state index >= 15 is 0 Å². The van der Waals surface area contributed by atoms with E-state index in [0.717, 1.165) is 37.1 Å². The molecule has 38 heavy (non-hydrogen) atoms. The molecule has 6 N–H and O–H groups in total. The number of primary amides is 1. The molecule has 0 spiro atoms. The molecule has 4 aliphatic rings. The number of Topliss-reactive ketones (excluding diaryl/α,β-unsaturated/α-hetero) is 2. The predicted molar refractivity (Wildman–Crippen MR) is 138 cm³/mol. The molecule has 0 radical (unpaired) electrons. The first-order chi connectivity index (χ1) is 17.9. The molecule has 1 aromatic carbocycles. The topological polar surface area (TPSA) is 165 Å². The van der Waals surface area contributed by atoms with Gasteiger partial charge in [-0.15, -0.1) is 0 Å². The number of amides is 1. The van der Waals surface area contributed by atoms with Gasteiger partial charge in [-0.05, 0) is 81.9 Å². The molecule has 5 rings (SSSR count). The molecule has 1 amide bonds. The fourth-order valence-corrected chi connectivity index (χ4v) is 6.92. The largest absolute Gasteiger partial charge is 0.508 e. The summed E-state index contributed by atoms with van der Waals surface area (Å²) in [5.41, 5.74) is 3.61. The van der Waals surface area contributed by atoms with Gasteiger partial charge in [-0.1, -0.05) is 13.0 Å². The molecule has 10 nitrogen and oxygen atoms in total. The summed E-state index contributed by atoms with van der Waals surface area (Å²) in [5, 5.41) is 44.7. The van der Waals surface area contributed by atoms with Gasteiger partial charge in [0.2, 0.25) is 5.78 Å². The number of phenols is 1. The van der Waals surface area contributed by atoms with Crippen LogP contribution < -0.4 is 5.73 Å². The third kappa shape index (κ3) is 3.77. The molecular formula is C28H35N3O7. The number of fused-ring (bicyclic) bond motifs is 3. The zero-order chi connectivity index (χ0) is 27.7. The normalized spacial score (nSPS) is 30.4. The summed E-state index contributed by atoms with van der Waals surface area (Å²) in [6, 6.07) is 2.24. The second kappa shape index (κ2) is 9.21. The van der Waals surface area contributed by atoms with Gasteiger partial charge in [0.05, 0.1) is 11.6 Å². The third-order valence-electron chi connectivity index (χ3n) is 8.97. The Hall–Kier alpha value is -3.21. The van der Waals surface area contributed by atoms with Crippen LogP contribution in [0.1, 0.15) is 42.9 Å². The van der Waals surface area contributed by atoms with Crippen LogP contribution in [0.4, 0.5) is 0 Å². The number of ketones is 2. The van der Waals surface area contributed by atoms with Crippen LogP contribution in [0.25, 0.3) is 5.76 Å². The van der Waals surface area contributed by atoms with Crippen molar-refractivity contribution in [2.45, 2.75) is 50.8 Å². The van der Waals surface area contributed by atoms with Crippen molar-refractivity contribution in [2.24, 2.45) is 23.5 Å². The zero-order valence-electron chi connectivity index (χ0n) is 21.9. The lowest BCUT2D eigenvalue weighted by Gasteiger charge is -2.50. The Morgan fingerprint density at radius 2 is 1.82 bits per heavy atom. The first-order valence-corrected chi connectivity index (χ1v) is 13.1. The highest BCUT2D eigenvalue weighted by Gasteiger charge is 2.64. The number of nitrogens with zero attached hydrogens (tertiary/aromatic N) is 2. The average Bonchev–Trinajstić information content (AvgIpc) is 2.84. The van der Waals surface area contributed by atoms with Crippen molar-refractivity contribution in [3.05, 3.63) is 45.7 Å². The van der Waals surface area contributed by atoms with Gasteiger partial charge in [0, 0.05) is 18.0 Å². The summed E-state index contributed by atoms with van der Waals surface area (Å²) in [7, 11) is 3.17. The van der Waals surface area contributed by atoms with E-state index in [0.29, 0.717) is 18.9 Å². The van der Waals surface area contributed by atoms with E-state index in [4.69, 9.17) is 5.73 Å². The standard InChI is InChI=1S/C28H35N3O7/c1-13-6-8-31(9-7-13)12-14-4-5-18(32)20-16(14)10-15-11-17-22(30(2)3)24(34)21(27(29)37)26(36)28(17,38)25(35)19(15)23(20)33/h4-5,13,15,17,22,32-33,36,38H,6-12H2,1-3H3,(H2,29,37)/t15?,17-,22?,28-/m0/s1. The minimum atomic E-state index is -2.62. The lowest BCUT2D eigenvalue weighted by atomic mass is 9.57. The molecule has 1 saturated heterocycles. The highest BCUT2D eigenvalue weighted by atomic mass is 16.3. The van der Waals surface area contributed by atoms with Gasteiger partial charge in [-0.3, -0.25) is 24.2 Å². The van der Waals surface area contributed by atoms with E-state index in [1.807, 2.05) is 6.07 Å². The maximum atomic E-state index is 13.9. The number of phenolic OH excluding ortho intramolecular Hbond substituents is 1. The van der Waals surface area contributed by atoms with Crippen molar-refractivity contribution in [1.82, 2.24) is 9.80 Å². The highest BCUT2D eigenvalue weighted by Crippen LogP contribution is 2.53. The van der Waals surface area contributed by atoms with Crippen LogP contribution >= 0.6 is 0 Å². The Morgan fingerprint density at radius 3 is 2.42 bits per heavy atom. The molecule has 1 saturated carbocycles. The van der Waals surface area contributed by atoms with E-state index in [2.05, 4.69) is 11.8 Å². The molecule has 10 heteroatoms. The van der Waals surface area contributed by atoms with E-state index in [9.17, 15) is 34.8 Å². The number of likely N-dealkylation sites (tertiary alicyclic amines) is 1. The van der Waals surface area contributed by atoms with Crippen LogP contribution in [0.3, 0.4) is 0 Å². The second-order valence-electron chi connectivity index (χ2n) is 11.5. The number of hydrogen-bond acceptors (Lipinski definition) is 9. The molecule has 3 aliphatic carbocycles. The molecule has 1 aromatic rings. The highest BCUT2D eigenvalue weighted by molar-refractivity contribution is 6.24. The number of rotatable bonds is 4. The summed E-state index contributed by atoms with van der Waals surface area (Å²) < 4.78 is 0. The Balaban J connectivity index is 1.62. The van der Waals surface area contributed by atoms with Crippen LogP contribution in [-0.4, -0.2) is 86.5 Å². The van der Waals surface area contributed by atoms with Crippen LogP contribution in [0, 0.1) is 17.8 Å². The van der Waals surface area contributed by atoms with E-state index in [1.165, 1.54) is 11.0 Å². The predicted octanol–water partition coefficient (Wildman–Crippen LogP) is 1.20. The number of aliphatic hydroxyl groups is 3. The summed E-state index contributed by atoms with van der Waals surface area (Å²) in [6.07, 6.45) is 2.58. The average molecular weight is 526 g/mol. The van der Waals surface area contributed by atoms with E-state index in [-0.39, 0.29) is 23.3 Å². The van der Waals surface area contributed by atoms with Crippen molar-refractivity contribution in [3.63, 3.8) is 0 Å². The van der Waals surface area contributed by atoms with Crippen molar-refractivity contribution in [1.29, 1.82) is 0 Å². The van der Waals surface area contributed by atoms with Crippen molar-refractivity contribution < 1.29 is 34.8 Å². The second-order valence-corrected chi connectivity index (χ2v) is 11.5. The Labute approximate surface area is 221 Å². The van der Waals surface area contributed by atoms with Crippen LogP contribution in [-0.2, 0) is 27.3 Å². The van der Waals surface area contributed by atoms with Gasteiger partial charge in [-0.25, -0.2) is 0 Å². The summed E-state index contributed by atoms with van der Waals surface area (Å²) >= 11 is 0. The fourth-order valence-electron chi connectivity index (χ4n) is 6.92. The van der Waals surface area contributed by atoms with Crippen molar-refractivity contribution in [2.75, 3.05) is 27.2 Å². The molecule has 2 fully saturated rings. The first-order valence-electron chi connectivity index (χ1n) is 13.1. The van der Waals surface area contributed by atoms with Gasteiger partial charge in [-0.2, -0.15) is 0 Å². The van der Waals surface area contributed by atoms with Gasteiger partial charge in [0.25, 0.3) is 5.91 Å². The molecule has 1 aliphatic heterocycles. The Kier molecular flexibility index (Phi) is 6.40. The number of carbonyl (C=O) groups is 3. The molecule has 0 bridgehead atoms. The van der Waals surface area contributed by atoms with E-state index < -0.39 is 58.0 Å².